The molecule has 0 radical (unpaired) electrons. The van der Waals surface area contributed by atoms with E-state index in [-0.39, 0.29) is 24.5 Å². The van der Waals surface area contributed by atoms with Crippen LogP contribution in [0.5, 0.6) is 23.0 Å². The van der Waals surface area contributed by atoms with Gasteiger partial charge in [-0.15, -0.1) is 0 Å². The number of nitrogens with zero attached hydrogens (tertiary/aromatic N) is 1. The van der Waals surface area contributed by atoms with Crippen LogP contribution in [0.1, 0.15) is 33.0 Å². The van der Waals surface area contributed by atoms with Crippen molar-refractivity contribution in [3.05, 3.63) is 82.9 Å². The molecule has 8 nitrogen and oxygen atoms in total. The van der Waals surface area contributed by atoms with Gasteiger partial charge in [-0.25, -0.2) is 0 Å². The molecule has 8 heteroatoms. The second-order valence-electron chi connectivity index (χ2n) is 9.25. The van der Waals surface area contributed by atoms with Crippen LogP contribution in [0.15, 0.2) is 60.7 Å². The maximum atomic E-state index is 13.6. The normalized spacial score (nSPS) is 18.0. The Morgan fingerprint density at radius 2 is 1.78 bits per heavy atom. The van der Waals surface area contributed by atoms with E-state index in [1.54, 1.807) is 19.1 Å². The first kappa shape index (κ1) is 24.5. The Balaban J connectivity index is 1.40. The fourth-order valence-electron chi connectivity index (χ4n) is 5.03. The van der Waals surface area contributed by atoms with E-state index in [0.717, 1.165) is 16.7 Å². The molecular formula is C29H30N2O6. The zero-order valence-corrected chi connectivity index (χ0v) is 21.2. The van der Waals surface area contributed by atoms with Gasteiger partial charge in [0.25, 0.3) is 5.91 Å². The molecule has 0 bridgehead atoms. The van der Waals surface area contributed by atoms with Crippen LogP contribution < -0.4 is 24.3 Å². The molecule has 5 rings (SSSR count). The lowest BCUT2D eigenvalue weighted by atomic mass is 9.87. The molecule has 3 aromatic rings. The molecule has 1 fully saturated rings. The molecule has 2 amide bonds. The quantitative estimate of drug-likeness (QED) is 0.527. The van der Waals surface area contributed by atoms with Crippen molar-refractivity contribution in [1.29, 1.82) is 0 Å². The molecule has 37 heavy (non-hydrogen) atoms. The number of rotatable bonds is 7. The fourth-order valence-corrected chi connectivity index (χ4v) is 5.03. The van der Waals surface area contributed by atoms with E-state index in [1.807, 2.05) is 67.6 Å². The number of fused-ring (bicyclic) bond motifs is 1. The number of hydrogen-bond donors (Lipinski definition) is 1. The van der Waals surface area contributed by atoms with E-state index in [2.05, 4.69) is 5.32 Å². The third-order valence-corrected chi connectivity index (χ3v) is 7.06. The predicted octanol–water partition coefficient (Wildman–Crippen LogP) is 3.91. The highest BCUT2D eigenvalue weighted by atomic mass is 16.7. The van der Waals surface area contributed by atoms with Gasteiger partial charge in [0.1, 0.15) is 11.5 Å². The smallest absolute Gasteiger partial charge is 0.254 e. The standard InChI is InChI=1S/C29H30N2O6/c1-18-6-4-5-7-21(18)29(33)31-15-23(22-10-9-20(34-2)13-26(22)35-3)24(16-31)28(32)30-14-19-8-11-25-27(12-19)37-17-36-25/h4-13,23-24H,14-17H2,1-3H3,(H,30,32). The van der Waals surface area contributed by atoms with Crippen molar-refractivity contribution >= 4 is 11.8 Å². The Kier molecular flexibility index (Phi) is 6.90. The number of likely N-dealkylation sites (tertiary alicyclic amines) is 1. The molecule has 0 aliphatic carbocycles. The van der Waals surface area contributed by atoms with Gasteiger partial charge in [-0.05, 0) is 42.3 Å². The average molecular weight is 503 g/mol. The molecule has 1 saturated heterocycles. The fraction of sp³-hybridized carbons (Fsp3) is 0.310. The molecule has 0 saturated carbocycles. The molecule has 1 N–H and O–H groups in total. The summed E-state index contributed by atoms with van der Waals surface area (Å²) in [6.07, 6.45) is 0. The second-order valence-corrected chi connectivity index (χ2v) is 9.25. The largest absolute Gasteiger partial charge is 0.497 e. The van der Waals surface area contributed by atoms with Crippen molar-refractivity contribution in [2.24, 2.45) is 5.92 Å². The number of nitrogens with one attached hydrogen (secondary N) is 1. The molecule has 2 aliphatic heterocycles. The zero-order chi connectivity index (χ0) is 25.9. The summed E-state index contributed by atoms with van der Waals surface area (Å²) in [6, 6.07) is 18.7. The van der Waals surface area contributed by atoms with Crippen molar-refractivity contribution in [3.63, 3.8) is 0 Å². The Bertz CT molecular complexity index is 1320. The van der Waals surface area contributed by atoms with Crippen molar-refractivity contribution in [3.8, 4) is 23.0 Å². The average Bonchev–Trinajstić information content (AvgIpc) is 3.58. The molecule has 192 valence electrons. The van der Waals surface area contributed by atoms with Crippen LogP contribution in [0.25, 0.3) is 0 Å². The van der Waals surface area contributed by atoms with Crippen LogP contribution in [-0.4, -0.2) is 50.8 Å². The monoisotopic (exact) mass is 502 g/mol. The summed E-state index contributed by atoms with van der Waals surface area (Å²) >= 11 is 0. The number of aryl methyl sites for hydroxylation is 1. The summed E-state index contributed by atoms with van der Waals surface area (Å²) in [7, 11) is 3.19. The van der Waals surface area contributed by atoms with Crippen molar-refractivity contribution < 1.29 is 28.5 Å². The first-order chi connectivity index (χ1) is 18.0. The van der Waals surface area contributed by atoms with Crippen LogP contribution in [-0.2, 0) is 11.3 Å². The van der Waals surface area contributed by atoms with E-state index < -0.39 is 5.92 Å². The van der Waals surface area contributed by atoms with Gasteiger partial charge in [-0.2, -0.15) is 0 Å². The molecule has 0 spiro atoms. The third kappa shape index (κ3) is 4.91. The zero-order valence-electron chi connectivity index (χ0n) is 21.2. The number of carbonyl (C=O) groups is 2. The van der Waals surface area contributed by atoms with Crippen LogP contribution in [0, 0.1) is 12.8 Å². The van der Waals surface area contributed by atoms with Crippen LogP contribution in [0.3, 0.4) is 0 Å². The van der Waals surface area contributed by atoms with Gasteiger partial charge in [-0.3, -0.25) is 9.59 Å². The predicted molar refractivity (Wildman–Crippen MR) is 137 cm³/mol. The highest BCUT2D eigenvalue weighted by Gasteiger charge is 2.42. The van der Waals surface area contributed by atoms with Gasteiger partial charge in [0, 0.05) is 42.7 Å². The minimum atomic E-state index is -0.454. The highest BCUT2D eigenvalue weighted by Crippen LogP contribution is 2.40. The molecular weight excluding hydrogens is 472 g/mol. The van der Waals surface area contributed by atoms with E-state index in [1.165, 1.54) is 0 Å². The Labute approximate surface area is 216 Å². The van der Waals surface area contributed by atoms with E-state index in [0.29, 0.717) is 48.2 Å². The number of hydrogen-bond acceptors (Lipinski definition) is 6. The van der Waals surface area contributed by atoms with Crippen LogP contribution in [0.2, 0.25) is 0 Å². The summed E-state index contributed by atoms with van der Waals surface area (Å²) in [5, 5.41) is 3.06. The SMILES string of the molecule is COc1ccc(C2CN(C(=O)c3ccccc3C)CC2C(=O)NCc2ccc3c(c2)OCO3)c(OC)c1. The summed E-state index contributed by atoms with van der Waals surface area (Å²) in [5.41, 5.74) is 3.32. The van der Waals surface area contributed by atoms with Gasteiger partial charge in [0.15, 0.2) is 11.5 Å². The van der Waals surface area contributed by atoms with E-state index in [4.69, 9.17) is 18.9 Å². The van der Waals surface area contributed by atoms with E-state index >= 15 is 0 Å². The maximum absolute atomic E-state index is 13.6. The maximum Gasteiger partial charge on any atom is 0.254 e. The number of amides is 2. The van der Waals surface area contributed by atoms with Crippen molar-refractivity contribution in [1.82, 2.24) is 10.2 Å². The minimum Gasteiger partial charge on any atom is -0.497 e. The Morgan fingerprint density at radius 3 is 2.57 bits per heavy atom. The summed E-state index contributed by atoms with van der Waals surface area (Å²) in [5.74, 6) is 1.75. The summed E-state index contributed by atoms with van der Waals surface area (Å²) < 4.78 is 21.8. The lowest BCUT2D eigenvalue weighted by Gasteiger charge is -2.21. The first-order valence-electron chi connectivity index (χ1n) is 12.2. The first-order valence-corrected chi connectivity index (χ1v) is 12.2. The lowest BCUT2D eigenvalue weighted by Crippen LogP contribution is -2.35. The topological polar surface area (TPSA) is 86.3 Å². The van der Waals surface area contributed by atoms with Gasteiger partial charge < -0.3 is 29.2 Å². The molecule has 3 aromatic carbocycles. The van der Waals surface area contributed by atoms with E-state index in [9.17, 15) is 9.59 Å². The number of ether oxygens (including phenoxy) is 4. The number of carbonyl (C=O) groups excluding carboxylic acids is 2. The third-order valence-electron chi connectivity index (χ3n) is 7.06. The molecule has 2 unspecified atom stereocenters. The van der Waals surface area contributed by atoms with Crippen LogP contribution in [0.4, 0.5) is 0 Å². The number of methoxy groups -OCH3 is 2. The molecule has 0 aromatic heterocycles. The summed E-state index contributed by atoms with van der Waals surface area (Å²) in [4.78, 5) is 28.8. The lowest BCUT2D eigenvalue weighted by molar-refractivity contribution is -0.125. The minimum absolute atomic E-state index is 0.0818. The number of benzene rings is 3. The van der Waals surface area contributed by atoms with Crippen LogP contribution >= 0.6 is 0 Å². The Morgan fingerprint density at radius 1 is 0.973 bits per heavy atom. The Hall–Kier alpha value is -4.20. The van der Waals surface area contributed by atoms with Gasteiger partial charge >= 0.3 is 0 Å². The molecule has 2 aliphatic rings. The van der Waals surface area contributed by atoms with Gasteiger partial charge in [0.05, 0.1) is 20.1 Å². The second kappa shape index (κ2) is 10.4. The molecule has 2 heterocycles. The van der Waals surface area contributed by atoms with Crippen molar-refractivity contribution in [2.45, 2.75) is 19.4 Å². The summed E-state index contributed by atoms with van der Waals surface area (Å²) in [6.45, 7) is 3.16. The highest BCUT2D eigenvalue weighted by molar-refractivity contribution is 5.96. The van der Waals surface area contributed by atoms with Crippen molar-refractivity contribution in [2.75, 3.05) is 34.1 Å². The molecule has 2 atom stereocenters. The van der Waals surface area contributed by atoms with Gasteiger partial charge in [0.2, 0.25) is 12.7 Å². The van der Waals surface area contributed by atoms with Gasteiger partial charge in [-0.1, -0.05) is 30.3 Å².